The highest BCUT2D eigenvalue weighted by Gasteiger charge is 2.45. The number of rotatable bonds is 5. The van der Waals surface area contributed by atoms with Gasteiger partial charge in [-0.1, -0.05) is 24.3 Å². The second-order valence-corrected chi connectivity index (χ2v) is 7.83. The highest BCUT2D eigenvalue weighted by Crippen LogP contribution is 2.37. The van der Waals surface area contributed by atoms with Crippen LogP contribution in [0.4, 0.5) is 5.82 Å². The molecule has 10 heteroatoms. The van der Waals surface area contributed by atoms with Crippen LogP contribution in [0.15, 0.2) is 36.9 Å². The molecular weight excluding hydrogens is 390 g/mol. The molecule has 30 heavy (non-hydrogen) atoms. The zero-order valence-electron chi connectivity index (χ0n) is 16.1. The zero-order valence-corrected chi connectivity index (χ0v) is 16.1. The van der Waals surface area contributed by atoms with Crippen LogP contribution in [0.25, 0.3) is 11.2 Å². The summed E-state index contributed by atoms with van der Waals surface area (Å²) in [6.07, 6.45) is 0.0579. The topological polar surface area (TPSA) is 149 Å². The number of aliphatic hydroxyl groups excluding tert-OH is 2. The number of aliphatic hydroxyl groups is 3. The number of ether oxygens (including phenoxy) is 2. The van der Waals surface area contributed by atoms with Crippen molar-refractivity contribution in [3.05, 3.63) is 48.0 Å². The molecule has 1 fully saturated rings. The van der Waals surface area contributed by atoms with E-state index < -0.39 is 30.1 Å². The number of nitrogens with zero attached hydrogens (tertiary/aromatic N) is 4. The van der Waals surface area contributed by atoms with Gasteiger partial charge in [0.05, 0.1) is 19.5 Å². The van der Waals surface area contributed by atoms with Crippen LogP contribution in [0, 0.1) is 0 Å². The molecule has 2 aromatic heterocycles. The number of imidazole rings is 1. The first-order valence-corrected chi connectivity index (χ1v) is 9.81. The van der Waals surface area contributed by atoms with Gasteiger partial charge in [-0.25, -0.2) is 15.0 Å². The maximum Gasteiger partial charge on any atom is 0.167 e. The van der Waals surface area contributed by atoms with E-state index in [2.05, 4.69) is 15.0 Å². The largest absolute Gasteiger partial charge is 0.387 e. The first-order chi connectivity index (χ1) is 14.5. The summed E-state index contributed by atoms with van der Waals surface area (Å²) in [5.41, 5.74) is 7.53. The number of nitrogen functional groups attached to an aromatic ring is 1. The molecule has 1 unspecified atom stereocenters. The van der Waals surface area contributed by atoms with Gasteiger partial charge in [0.2, 0.25) is 0 Å². The number of hydrogen-bond donors (Lipinski definition) is 4. The molecule has 3 heterocycles. The lowest BCUT2D eigenvalue weighted by Crippen LogP contribution is -2.36. The van der Waals surface area contributed by atoms with Crippen molar-refractivity contribution < 1.29 is 24.8 Å². The number of nitrogens with two attached hydrogens (primary N) is 1. The van der Waals surface area contributed by atoms with E-state index in [0.717, 1.165) is 17.5 Å². The van der Waals surface area contributed by atoms with E-state index in [-0.39, 0.29) is 19.0 Å². The fourth-order valence-corrected chi connectivity index (χ4v) is 4.32. The predicted octanol–water partition coefficient (Wildman–Crippen LogP) is -0.122. The molecular formula is C20H23N5O5. The second-order valence-electron chi connectivity index (χ2n) is 7.83. The van der Waals surface area contributed by atoms with E-state index in [0.29, 0.717) is 17.6 Å². The third kappa shape index (κ3) is 3.04. The third-order valence-electron chi connectivity index (χ3n) is 5.95. The Morgan fingerprint density at radius 1 is 1.20 bits per heavy atom. The number of aryl methyl sites for hydroxylation is 1. The Kier molecular flexibility index (Phi) is 4.68. The molecule has 0 saturated carbocycles. The van der Waals surface area contributed by atoms with E-state index in [9.17, 15) is 15.3 Å². The molecule has 158 valence electrons. The van der Waals surface area contributed by atoms with Crippen LogP contribution in [0.5, 0.6) is 0 Å². The summed E-state index contributed by atoms with van der Waals surface area (Å²) < 4.78 is 13.1. The van der Waals surface area contributed by atoms with Crippen LogP contribution < -0.4 is 5.73 Å². The van der Waals surface area contributed by atoms with Gasteiger partial charge in [0.15, 0.2) is 17.7 Å². The molecule has 0 amide bonds. The van der Waals surface area contributed by atoms with Crippen molar-refractivity contribution in [3.63, 3.8) is 0 Å². The van der Waals surface area contributed by atoms with Gasteiger partial charge in [-0.2, -0.15) is 0 Å². The Balaban J connectivity index is 1.27. The second kappa shape index (κ2) is 7.25. The van der Waals surface area contributed by atoms with Gasteiger partial charge in [0.25, 0.3) is 0 Å². The van der Waals surface area contributed by atoms with Crippen molar-refractivity contribution >= 4 is 17.0 Å². The summed E-state index contributed by atoms with van der Waals surface area (Å²) in [5, 5.41) is 31.9. The molecule has 0 spiro atoms. The van der Waals surface area contributed by atoms with Gasteiger partial charge >= 0.3 is 0 Å². The molecule has 10 nitrogen and oxygen atoms in total. The SMILES string of the molecule is Nc1ncnc2c1ncn2[C@@H]1O[C@H](COCC2(O)CCc3ccccc32)[C@@H](O)[C@H]1O. The fraction of sp³-hybridized carbons (Fsp3) is 0.450. The molecule has 5 atom stereocenters. The minimum Gasteiger partial charge on any atom is -0.387 e. The smallest absolute Gasteiger partial charge is 0.167 e. The molecule has 2 aliphatic rings. The lowest BCUT2D eigenvalue weighted by molar-refractivity contribution is -0.0996. The Hall–Kier alpha value is -2.63. The minimum atomic E-state index is -1.21. The van der Waals surface area contributed by atoms with Crippen molar-refractivity contribution in [2.45, 2.75) is 43.0 Å². The third-order valence-corrected chi connectivity index (χ3v) is 5.95. The molecule has 0 radical (unpaired) electrons. The first kappa shape index (κ1) is 19.3. The van der Waals surface area contributed by atoms with Gasteiger partial charge in [0.1, 0.15) is 35.8 Å². The summed E-state index contributed by atoms with van der Waals surface area (Å²) in [6, 6.07) is 7.76. The Labute approximate surface area is 171 Å². The van der Waals surface area contributed by atoms with Gasteiger partial charge in [0, 0.05) is 0 Å². The molecule has 0 bridgehead atoms. The Morgan fingerprint density at radius 3 is 2.90 bits per heavy atom. The molecule has 5 N–H and O–H groups in total. The van der Waals surface area contributed by atoms with Gasteiger partial charge in [-0.15, -0.1) is 0 Å². The number of aromatic nitrogens is 4. The average Bonchev–Trinajstić information content (AvgIpc) is 3.40. The zero-order chi connectivity index (χ0) is 20.9. The van der Waals surface area contributed by atoms with Crippen molar-refractivity contribution in [2.75, 3.05) is 18.9 Å². The van der Waals surface area contributed by atoms with Gasteiger partial charge < -0.3 is 30.5 Å². The molecule has 5 rings (SSSR count). The Morgan fingerprint density at radius 2 is 2.03 bits per heavy atom. The molecule has 3 aromatic rings. The number of anilines is 1. The maximum absolute atomic E-state index is 11.0. The van der Waals surface area contributed by atoms with Crippen LogP contribution in [-0.2, 0) is 21.5 Å². The molecule has 1 aromatic carbocycles. The van der Waals surface area contributed by atoms with Crippen molar-refractivity contribution in [2.24, 2.45) is 0 Å². The maximum atomic E-state index is 11.0. The number of benzene rings is 1. The van der Waals surface area contributed by atoms with Crippen LogP contribution in [0.1, 0.15) is 23.8 Å². The highest BCUT2D eigenvalue weighted by atomic mass is 16.6. The standard InChI is InChI=1S/C20H23N5O5/c21-17-14-18(23-9-22-17)25(10-24-14)19-16(27)15(26)13(30-19)7-29-8-20(28)6-5-11-3-1-2-4-12(11)20/h1-4,9-10,13,15-16,19,26-28H,5-8H2,(H2,21,22,23)/t13-,15-,16-,19-,20?/m1/s1. The van der Waals surface area contributed by atoms with Gasteiger partial charge in [-0.05, 0) is 24.0 Å². The quantitative estimate of drug-likeness (QED) is 0.449. The summed E-state index contributed by atoms with van der Waals surface area (Å²) in [5.74, 6) is 0.219. The first-order valence-electron chi connectivity index (χ1n) is 9.81. The van der Waals surface area contributed by atoms with Gasteiger partial charge in [-0.3, -0.25) is 4.57 Å². The normalized spacial score (nSPS) is 30.8. The number of hydrogen-bond acceptors (Lipinski definition) is 9. The lowest BCUT2D eigenvalue weighted by Gasteiger charge is -2.25. The van der Waals surface area contributed by atoms with E-state index in [1.165, 1.54) is 17.2 Å². The van der Waals surface area contributed by atoms with Crippen molar-refractivity contribution in [3.8, 4) is 0 Å². The van der Waals surface area contributed by atoms with Crippen LogP contribution in [-0.4, -0.2) is 66.4 Å². The van der Waals surface area contributed by atoms with Crippen LogP contribution in [0.3, 0.4) is 0 Å². The van der Waals surface area contributed by atoms with Crippen LogP contribution in [0.2, 0.25) is 0 Å². The lowest BCUT2D eigenvalue weighted by atomic mass is 9.97. The summed E-state index contributed by atoms with van der Waals surface area (Å²) in [4.78, 5) is 12.2. The minimum absolute atomic E-state index is 0.0168. The van der Waals surface area contributed by atoms with Crippen molar-refractivity contribution in [1.82, 2.24) is 19.5 Å². The predicted molar refractivity (Wildman–Crippen MR) is 105 cm³/mol. The average molecular weight is 413 g/mol. The Bertz CT molecular complexity index is 1070. The summed E-state index contributed by atoms with van der Waals surface area (Å²) in [7, 11) is 0. The summed E-state index contributed by atoms with van der Waals surface area (Å²) in [6.45, 7) is 0.0953. The molecule has 1 aliphatic heterocycles. The van der Waals surface area contributed by atoms with Crippen LogP contribution >= 0.6 is 0 Å². The fourth-order valence-electron chi connectivity index (χ4n) is 4.32. The molecule has 1 aliphatic carbocycles. The van der Waals surface area contributed by atoms with E-state index in [1.54, 1.807) is 0 Å². The van der Waals surface area contributed by atoms with E-state index in [1.807, 2.05) is 24.3 Å². The monoisotopic (exact) mass is 413 g/mol. The van der Waals surface area contributed by atoms with Crippen molar-refractivity contribution in [1.29, 1.82) is 0 Å². The van der Waals surface area contributed by atoms with E-state index in [4.69, 9.17) is 15.2 Å². The number of fused-ring (bicyclic) bond motifs is 2. The van der Waals surface area contributed by atoms with E-state index >= 15 is 0 Å². The molecule has 1 saturated heterocycles. The summed E-state index contributed by atoms with van der Waals surface area (Å²) >= 11 is 0. The highest BCUT2D eigenvalue weighted by molar-refractivity contribution is 5.81.